The minimum atomic E-state index is 0.125. The molecule has 6 heteroatoms. The average molecular weight is 367 g/mol. The Hall–Kier alpha value is -1.95. The van der Waals surface area contributed by atoms with Gasteiger partial charge in [0, 0.05) is 44.2 Å². The summed E-state index contributed by atoms with van der Waals surface area (Å²) in [6.07, 6.45) is 12.2. The summed E-state index contributed by atoms with van der Waals surface area (Å²) in [5.74, 6) is 2.39. The number of hydrogen-bond donors (Lipinski definition) is 0. The molecule has 0 radical (unpaired) electrons. The Morgan fingerprint density at radius 1 is 1.04 bits per heavy atom. The molecule has 6 nitrogen and oxygen atoms in total. The Kier molecular flexibility index (Phi) is 4.60. The van der Waals surface area contributed by atoms with Gasteiger partial charge in [0.25, 0.3) is 5.56 Å². The minimum absolute atomic E-state index is 0.125. The van der Waals surface area contributed by atoms with Crippen LogP contribution in [0.5, 0.6) is 0 Å². The van der Waals surface area contributed by atoms with Crippen molar-refractivity contribution in [2.75, 3.05) is 13.1 Å². The molecule has 0 spiro atoms. The standard InChI is InChI=1S/C21H29N5O/c27-21-11-19(17-4-5-17)23-15-25(21)13-16-6-9-24(10-7-16)14-18-12-22-20-3-1-2-8-26(18)20/h11-12,15-17H,1-10,13-14H2. The molecule has 0 unspecified atom stereocenters. The molecule has 144 valence electrons. The molecule has 2 fully saturated rings. The summed E-state index contributed by atoms with van der Waals surface area (Å²) < 4.78 is 4.25. The number of hydrogen-bond acceptors (Lipinski definition) is 4. The molecule has 0 aromatic carbocycles. The van der Waals surface area contributed by atoms with E-state index in [2.05, 4.69) is 25.6 Å². The third-order valence-electron chi connectivity index (χ3n) is 6.50. The maximum Gasteiger partial charge on any atom is 0.253 e. The van der Waals surface area contributed by atoms with Crippen LogP contribution in [-0.2, 0) is 26.1 Å². The van der Waals surface area contributed by atoms with Crippen molar-refractivity contribution in [3.63, 3.8) is 0 Å². The maximum absolute atomic E-state index is 12.4. The van der Waals surface area contributed by atoms with Crippen LogP contribution in [0.3, 0.4) is 0 Å². The molecule has 0 bridgehead atoms. The molecule has 0 N–H and O–H groups in total. The maximum atomic E-state index is 12.4. The highest BCUT2D eigenvalue weighted by molar-refractivity contribution is 5.12. The molecule has 1 saturated carbocycles. The molecular formula is C21H29N5O. The number of aromatic nitrogens is 4. The normalized spacial score (nSPS) is 21.3. The lowest BCUT2D eigenvalue weighted by Crippen LogP contribution is -2.36. The quantitative estimate of drug-likeness (QED) is 0.815. The van der Waals surface area contributed by atoms with E-state index >= 15 is 0 Å². The second kappa shape index (κ2) is 7.23. The fourth-order valence-electron chi connectivity index (χ4n) is 4.62. The van der Waals surface area contributed by atoms with Crippen LogP contribution in [-0.4, -0.2) is 37.1 Å². The van der Waals surface area contributed by atoms with Crippen molar-refractivity contribution in [3.8, 4) is 0 Å². The van der Waals surface area contributed by atoms with E-state index in [9.17, 15) is 4.79 Å². The van der Waals surface area contributed by atoms with Gasteiger partial charge in [0.15, 0.2) is 0 Å². The molecule has 0 atom stereocenters. The Morgan fingerprint density at radius 2 is 1.89 bits per heavy atom. The van der Waals surface area contributed by atoms with E-state index < -0.39 is 0 Å². The van der Waals surface area contributed by atoms with E-state index in [-0.39, 0.29) is 5.56 Å². The van der Waals surface area contributed by atoms with Gasteiger partial charge in [-0.1, -0.05) is 0 Å². The van der Waals surface area contributed by atoms with Gasteiger partial charge in [0.05, 0.1) is 17.7 Å². The van der Waals surface area contributed by atoms with Crippen LogP contribution in [0.1, 0.15) is 61.7 Å². The lowest BCUT2D eigenvalue weighted by molar-refractivity contribution is 0.162. The van der Waals surface area contributed by atoms with Crippen molar-refractivity contribution in [3.05, 3.63) is 46.2 Å². The van der Waals surface area contributed by atoms with Crippen molar-refractivity contribution in [2.45, 2.75) is 70.5 Å². The number of likely N-dealkylation sites (tertiary alicyclic amines) is 1. The summed E-state index contributed by atoms with van der Waals surface area (Å²) in [5.41, 5.74) is 2.50. The Bertz CT molecular complexity index is 858. The monoisotopic (exact) mass is 367 g/mol. The third kappa shape index (κ3) is 3.72. The van der Waals surface area contributed by atoms with Gasteiger partial charge in [-0.2, -0.15) is 0 Å². The SMILES string of the molecule is O=c1cc(C2CC2)ncn1CC1CCN(Cc2cnc3n2CCCC3)CC1. The zero-order valence-electron chi connectivity index (χ0n) is 16.0. The number of piperidine rings is 1. The Balaban J connectivity index is 1.16. The predicted molar refractivity (Wildman–Crippen MR) is 104 cm³/mol. The van der Waals surface area contributed by atoms with Crippen LogP contribution < -0.4 is 5.56 Å². The summed E-state index contributed by atoms with van der Waals surface area (Å²) in [6.45, 7) is 5.17. The van der Waals surface area contributed by atoms with Gasteiger partial charge >= 0.3 is 0 Å². The Morgan fingerprint density at radius 3 is 2.67 bits per heavy atom. The molecule has 1 saturated heterocycles. The number of aryl methyl sites for hydroxylation is 1. The summed E-state index contributed by atoms with van der Waals surface area (Å²) in [6, 6.07) is 1.76. The van der Waals surface area contributed by atoms with Gasteiger partial charge in [0.2, 0.25) is 0 Å². The lowest BCUT2D eigenvalue weighted by atomic mass is 9.96. The largest absolute Gasteiger partial charge is 0.331 e. The van der Waals surface area contributed by atoms with Crippen LogP contribution in [0.25, 0.3) is 0 Å². The van der Waals surface area contributed by atoms with Crippen LogP contribution in [0.4, 0.5) is 0 Å². The second-order valence-electron chi connectivity index (χ2n) is 8.57. The van der Waals surface area contributed by atoms with Gasteiger partial charge < -0.3 is 4.57 Å². The number of fused-ring (bicyclic) bond motifs is 1. The van der Waals surface area contributed by atoms with E-state index in [0.29, 0.717) is 11.8 Å². The highest BCUT2D eigenvalue weighted by atomic mass is 16.1. The molecule has 1 aliphatic carbocycles. The molecule has 2 aliphatic heterocycles. The first-order chi connectivity index (χ1) is 13.3. The minimum Gasteiger partial charge on any atom is -0.331 e. The van der Waals surface area contributed by atoms with Crippen molar-refractivity contribution in [1.82, 2.24) is 24.0 Å². The Labute approximate surface area is 160 Å². The van der Waals surface area contributed by atoms with Crippen molar-refractivity contribution < 1.29 is 0 Å². The average Bonchev–Trinajstić information content (AvgIpc) is 3.47. The van der Waals surface area contributed by atoms with Gasteiger partial charge in [-0.3, -0.25) is 14.3 Å². The third-order valence-corrected chi connectivity index (χ3v) is 6.50. The number of imidazole rings is 1. The smallest absolute Gasteiger partial charge is 0.253 e. The van der Waals surface area contributed by atoms with Gasteiger partial charge in [-0.25, -0.2) is 9.97 Å². The molecule has 4 heterocycles. The molecule has 3 aliphatic rings. The van der Waals surface area contributed by atoms with Crippen LogP contribution in [0.15, 0.2) is 23.4 Å². The highest BCUT2D eigenvalue weighted by Crippen LogP contribution is 2.38. The lowest BCUT2D eigenvalue weighted by Gasteiger charge is -2.32. The zero-order valence-corrected chi connectivity index (χ0v) is 16.0. The topological polar surface area (TPSA) is 56.0 Å². The number of nitrogens with zero attached hydrogens (tertiary/aromatic N) is 5. The molecule has 5 rings (SSSR count). The summed E-state index contributed by atoms with van der Waals surface area (Å²) in [5, 5.41) is 0. The molecular weight excluding hydrogens is 338 g/mol. The van der Waals surface area contributed by atoms with E-state index in [1.807, 2.05) is 4.57 Å². The van der Waals surface area contributed by atoms with Gasteiger partial charge in [-0.15, -0.1) is 0 Å². The summed E-state index contributed by atoms with van der Waals surface area (Å²) >= 11 is 0. The van der Waals surface area contributed by atoms with Crippen molar-refractivity contribution in [2.24, 2.45) is 5.92 Å². The van der Waals surface area contributed by atoms with Crippen molar-refractivity contribution >= 4 is 0 Å². The van der Waals surface area contributed by atoms with E-state index in [1.54, 1.807) is 12.4 Å². The predicted octanol–water partition coefficient (Wildman–Crippen LogP) is 2.57. The molecule has 2 aromatic heterocycles. The first-order valence-electron chi connectivity index (χ1n) is 10.6. The molecule has 27 heavy (non-hydrogen) atoms. The van der Waals surface area contributed by atoms with Crippen LogP contribution in [0, 0.1) is 5.92 Å². The first kappa shape index (κ1) is 17.2. The zero-order chi connectivity index (χ0) is 18.2. The van der Waals surface area contributed by atoms with Crippen LogP contribution in [0.2, 0.25) is 0 Å². The van der Waals surface area contributed by atoms with Crippen molar-refractivity contribution in [1.29, 1.82) is 0 Å². The van der Waals surface area contributed by atoms with Gasteiger partial charge in [0.1, 0.15) is 5.82 Å². The highest BCUT2D eigenvalue weighted by Gasteiger charge is 2.26. The fourth-order valence-corrected chi connectivity index (χ4v) is 4.62. The molecule has 0 amide bonds. The van der Waals surface area contributed by atoms with Gasteiger partial charge in [-0.05, 0) is 57.5 Å². The van der Waals surface area contributed by atoms with E-state index in [1.165, 1.54) is 37.2 Å². The number of rotatable bonds is 5. The molecule has 2 aromatic rings. The summed E-state index contributed by atoms with van der Waals surface area (Å²) in [4.78, 5) is 24.0. The fraction of sp³-hybridized carbons (Fsp3) is 0.667. The van der Waals surface area contributed by atoms with E-state index in [4.69, 9.17) is 0 Å². The second-order valence-corrected chi connectivity index (χ2v) is 8.57. The summed E-state index contributed by atoms with van der Waals surface area (Å²) in [7, 11) is 0. The van der Waals surface area contributed by atoms with Crippen LogP contribution >= 0.6 is 0 Å². The first-order valence-corrected chi connectivity index (χ1v) is 10.6. The van der Waals surface area contributed by atoms with E-state index in [0.717, 1.165) is 57.7 Å².